The van der Waals surface area contributed by atoms with Gasteiger partial charge in [0.1, 0.15) is 0 Å². The number of aromatic nitrogens is 2. The van der Waals surface area contributed by atoms with Gasteiger partial charge in [0.25, 0.3) is 5.56 Å². The van der Waals surface area contributed by atoms with E-state index in [-0.39, 0.29) is 11.6 Å². The summed E-state index contributed by atoms with van der Waals surface area (Å²) in [6, 6.07) is 7.54. The molecule has 3 N–H and O–H groups in total. The molecule has 1 atom stereocenters. The molecule has 5 heteroatoms. The quantitative estimate of drug-likeness (QED) is 0.820. The molecule has 5 nitrogen and oxygen atoms in total. The van der Waals surface area contributed by atoms with Crippen LogP contribution < -0.4 is 16.6 Å². The highest BCUT2D eigenvalue weighted by Crippen LogP contribution is 2.21. The fourth-order valence-corrected chi connectivity index (χ4v) is 2.15. The van der Waals surface area contributed by atoms with Crippen molar-refractivity contribution in [3.05, 3.63) is 52.6 Å². The molecule has 106 valence electrons. The third-order valence-electron chi connectivity index (χ3n) is 3.19. The summed E-state index contributed by atoms with van der Waals surface area (Å²) in [4.78, 5) is 16.3. The summed E-state index contributed by atoms with van der Waals surface area (Å²) in [6.07, 6.45) is 4.25. The lowest BCUT2D eigenvalue weighted by Gasteiger charge is -2.17. The van der Waals surface area contributed by atoms with E-state index in [9.17, 15) is 4.79 Å². The Morgan fingerprint density at radius 3 is 2.85 bits per heavy atom. The fourth-order valence-electron chi connectivity index (χ4n) is 2.15. The first kappa shape index (κ1) is 14.1. The van der Waals surface area contributed by atoms with Crippen LogP contribution in [0.5, 0.6) is 0 Å². The Kier molecular flexibility index (Phi) is 4.40. The number of aryl methyl sites for hydroxylation is 1. The van der Waals surface area contributed by atoms with Crippen LogP contribution in [0, 0.1) is 0 Å². The molecule has 0 bridgehead atoms. The lowest BCUT2D eigenvalue weighted by molar-refractivity contribution is 0.648. The van der Waals surface area contributed by atoms with Crippen LogP contribution in [0.1, 0.15) is 31.9 Å². The number of nitrogens with zero attached hydrogens (tertiary/aromatic N) is 2. The van der Waals surface area contributed by atoms with Gasteiger partial charge in [0, 0.05) is 24.6 Å². The van der Waals surface area contributed by atoms with Crippen molar-refractivity contribution in [3.63, 3.8) is 0 Å². The summed E-state index contributed by atoms with van der Waals surface area (Å²) in [7, 11) is 0. The molecule has 2 aromatic rings. The van der Waals surface area contributed by atoms with Gasteiger partial charge >= 0.3 is 0 Å². The maximum absolute atomic E-state index is 12.2. The normalized spacial score (nSPS) is 12.1. The molecule has 0 aliphatic carbocycles. The Hall–Kier alpha value is -2.30. The standard InChI is InChI=1S/C15H20N4O/c1-3-9-19-10-8-17-14(15(19)20)18-11(2)12-6-4-5-7-13(12)16/h4-8,10-11H,3,9,16H2,1-2H3,(H,17,18). The smallest absolute Gasteiger partial charge is 0.293 e. The van der Waals surface area contributed by atoms with E-state index in [1.54, 1.807) is 17.0 Å². The van der Waals surface area contributed by atoms with E-state index >= 15 is 0 Å². The van der Waals surface area contributed by atoms with E-state index in [1.165, 1.54) is 0 Å². The van der Waals surface area contributed by atoms with Crippen LogP contribution in [0.3, 0.4) is 0 Å². The summed E-state index contributed by atoms with van der Waals surface area (Å²) in [5, 5.41) is 3.14. The first-order chi connectivity index (χ1) is 9.63. The van der Waals surface area contributed by atoms with E-state index in [4.69, 9.17) is 5.73 Å². The molecule has 0 amide bonds. The largest absolute Gasteiger partial charge is 0.398 e. The Morgan fingerprint density at radius 2 is 2.15 bits per heavy atom. The van der Waals surface area contributed by atoms with Gasteiger partial charge in [0.05, 0.1) is 6.04 Å². The maximum Gasteiger partial charge on any atom is 0.293 e. The van der Waals surface area contributed by atoms with Crippen molar-refractivity contribution in [2.24, 2.45) is 0 Å². The maximum atomic E-state index is 12.2. The molecular weight excluding hydrogens is 252 g/mol. The third kappa shape index (κ3) is 2.99. The van der Waals surface area contributed by atoms with Gasteiger partial charge in [0.15, 0.2) is 5.82 Å². The Balaban J connectivity index is 2.24. The van der Waals surface area contributed by atoms with Crippen LogP contribution >= 0.6 is 0 Å². The number of nitrogen functional groups attached to an aromatic ring is 1. The van der Waals surface area contributed by atoms with Crippen LogP contribution in [0.25, 0.3) is 0 Å². The van der Waals surface area contributed by atoms with E-state index in [1.807, 2.05) is 38.1 Å². The topological polar surface area (TPSA) is 72.9 Å². The van der Waals surface area contributed by atoms with Gasteiger partial charge in [-0.1, -0.05) is 25.1 Å². The molecule has 1 aromatic heterocycles. The first-order valence-corrected chi connectivity index (χ1v) is 6.80. The molecule has 0 aliphatic rings. The summed E-state index contributed by atoms with van der Waals surface area (Å²) in [5.74, 6) is 0.358. The molecule has 0 saturated carbocycles. The van der Waals surface area contributed by atoms with Crippen molar-refractivity contribution >= 4 is 11.5 Å². The highest BCUT2D eigenvalue weighted by Gasteiger charge is 2.11. The average Bonchev–Trinajstić information content (AvgIpc) is 2.44. The highest BCUT2D eigenvalue weighted by atomic mass is 16.1. The van der Waals surface area contributed by atoms with E-state index in [0.717, 1.165) is 12.0 Å². The van der Waals surface area contributed by atoms with Crippen molar-refractivity contribution in [2.75, 3.05) is 11.1 Å². The minimum atomic E-state index is -0.101. The number of nitrogens with one attached hydrogen (secondary N) is 1. The van der Waals surface area contributed by atoms with Crippen LogP contribution in [0.2, 0.25) is 0 Å². The zero-order chi connectivity index (χ0) is 14.5. The number of anilines is 2. The summed E-state index contributed by atoms with van der Waals surface area (Å²) in [5.41, 5.74) is 7.51. The molecule has 1 aromatic carbocycles. The number of nitrogens with two attached hydrogens (primary N) is 1. The van der Waals surface area contributed by atoms with Crippen LogP contribution in [-0.4, -0.2) is 9.55 Å². The predicted octanol–water partition coefficient (Wildman–Crippen LogP) is 2.41. The second kappa shape index (κ2) is 6.23. The van der Waals surface area contributed by atoms with Crippen LogP contribution in [0.15, 0.2) is 41.5 Å². The van der Waals surface area contributed by atoms with Gasteiger partial charge in [-0.15, -0.1) is 0 Å². The predicted molar refractivity (Wildman–Crippen MR) is 81.7 cm³/mol. The highest BCUT2D eigenvalue weighted by molar-refractivity contribution is 5.50. The van der Waals surface area contributed by atoms with Crippen LogP contribution in [-0.2, 0) is 6.54 Å². The Bertz CT molecular complexity index is 636. The van der Waals surface area contributed by atoms with Crippen molar-refractivity contribution in [1.29, 1.82) is 0 Å². The molecule has 2 rings (SSSR count). The monoisotopic (exact) mass is 272 g/mol. The third-order valence-corrected chi connectivity index (χ3v) is 3.19. The van der Waals surface area contributed by atoms with Gasteiger partial charge in [-0.25, -0.2) is 4.98 Å². The minimum absolute atomic E-state index is 0.0751. The first-order valence-electron chi connectivity index (χ1n) is 6.80. The van der Waals surface area contributed by atoms with Gasteiger partial charge < -0.3 is 15.6 Å². The Labute approximate surface area is 118 Å². The van der Waals surface area contributed by atoms with Gasteiger partial charge in [-0.3, -0.25) is 4.79 Å². The van der Waals surface area contributed by atoms with Gasteiger partial charge in [-0.05, 0) is 25.0 Å². The summed E-state index contributed by atoms with van der Waals surface area (Å²) < 4.78 is 1.66. The second-order valence-electron chi connectivity index (χ2n) is 4.77. The number of hydrogen-bond donors (Lipinski definition) is 2. The van der Waals surface area contributed by atoms with E-state index < -0.39 is 0 Å². The van der Waals surface area contributed by atoms with Crippen molar-refractivity contribution in [2.45, 2.75) is 32.9 Å². The minimum Gasteiger partial charge on any atom is -0.398 e. The second-order valence-corrected chi connectivity index (χ2v) is 4.77. The number of rotatable bonds is 5. The number of para-hydroxylation sites is 1. The van der Waals surface area contributed by atoms with Crippen LogP contribution in [0.4, 0.5) is 11.5 Å². The van der Waals surface area contributed by atoms with Crippen molar-refractivity contribution < 1.29 is 0 Å². The molecule has 0 fully saturated rings. The van der Waals surface area contributed by atoms with E-state index in [2.05, 4.69) is 10.3 Å². The van der Waals surface area contributed by atoms with Gasteiger partial charge in [0.2, 0.25) is 0 Å². The Morgan fingerprint density at radius 1 is 1.40 bits per heavy atom. The molecular formula is C15H20N4O. The van der Waals surface area contributed by atoms with E-state index in [0.29, 0.717) is 18.1 Å². The molecule has 1 heterocycles. The fraction of sp³-hybridized carbons (Fsp3) is 0.333. The van der Waals surface area contributed by atoms with Crippen molar-refractivity contribution in [1.82, 2.24) is 9.55 Å². The molecule has 1 unspecified atom stereocenters. The SMILES string of the molecule is CCCn1ccnc(NC(C)c2ccccc2N)c1=O. The molecule has 0 aliphatic heterocycles. The average molecular weight is 272 g/mol. The number of benzene rings is 1. The van der Waals surface area contributed by atoms with Crippen molar-refractivity contribution in [3.8, 4) is 0 Å². The lowest BCUT2D eigenvalue weighted by atomic mass is 10.1. The number of hydrogen-bond acceptors (Lipinski definition) is 4. The zero-order valence-corrected chi connectivity index (χ0v) is 11.8. The molecule has 20 heavy (non-hydrogen) atoms. The molecule has 0 saturated heterocycles. The summed E-state index contributed by atoms with van der Waals surface area (Å²) >= 11 is 0. The molecule has 0 radical (unpaired) electrons. The van der Waals surface area contributed by atoms with Gasteiger partial charge in [-0.2, -0.15) is 0 Å². The summed E-state index contributed by atoms with van der Waals surface area (Å²) in [6.45, 7) is 4.69. The molecule has 0 spiro atoms. The lowest BCUT2D eigenvalue weighted by Crippen LogP contribution is -2.25. The zero-order valence-electron chi connectivity index (χ0n) is 11.8.